The molecular formula is C12H16ClN3O3S. The smallest absolute Gasteiger partial charge is 0.243 e. The van der Waals surface area contributed by atoms with E-state index in [-0.39, 0.29) is 22.5 Å². The summed E-state index contributed by atoms with van der Waals surface area (Å²) in [5, 5.41) is 2.78. The van der Waals surface area contributed by atoms with Crippen LogP contribution in [0, 0.1) is 0 Å². The molecule has 0 atom stereocenters. The van der Waals surface area contributed by atoms with Crippen molar-refractivity contribution in [2.75, 3.05) is 6.54 Å². The van der Waals surface area contributed by atoms with E-state index in [1.807, 2.05) is 0 Å². The highest BCUT2D eigenvalue weighted by Crippen LogP contribution is 2.19. The second kappa shape index (κ2) is 6.51. The Morgan fingerprint density at radius 2 is 2.20 bits per heavy atom. The molecular weight excluding hydrogens is 302 g/mol. The zero-order chi connectivity index (χ0) is 14.6. The number of amides is 1. The first-order valence-electron chi connectivity index (χ1n) is 6.38. The lowest BCUT2D eigenvalue weighted by atomic mass is 10.3. The van der Waals surface area contributed by atoms with Crippen molar-refractivity contribution in [2.24, 2.45) is 0 Å². The Kier molecular flexibility index (Phi) is 4.95. The van der Waals surface area contributed by atoms with Crippen LogP contribution in [-0.2, 0) is 14.8 Å². The van der Waals surface area contributed by atoms with E-state index >= 15 is 0 Å². The number of aromatic nitrogens is 1. The van der Waals surface area contributed by atoms with Gasteiger partial charge in [-0.1, -0.05) is 11.6 Å². The van der Waals surface area contributed by atoms with Crippen molar-refractivity contribution in [3.63, 3.8) is 0 Å². The van der Waals surface area contributed by atoms with Gasteiger partial charge in [0, 0.05) is 25.2 Å². The molecule has 8 heteroatoms. The number of sulfonamides is 1. The summed E-state index contributed by atoms with van der Waals surface area (Å²) in [6, 6.07) is 3.22. The second-order valence-corrected chi connectivity index (χ2v) is 6.73. The Morgan fingerprint density at radius 3 is 2.85 bits per heavy atom. The van der Waals surface area contributed by atoms with Gasteiger partial charge in [-0.2, -0.15) is 0 Å². The zero-order valence-electron chi connectivity index (χ0n) is 10.8. The van der Waals surface area contributed by atoms with Crippen molar-refractivity contribution in [3.8, 4) is 0 Å². The molecule has 2 N–H and O–H groups in total. The summed E-state index contributed by atoms with van der Waals surface area (Å²) in [4.78, 5) is 15.1. The minimum atomic E-state index is -3.68. The molecule has 6 nitrogen and oxygen atoms in total. The average molecular weight is 318 g/mol. The SMILES string of the molecule is O=C(CCCNS(=O)(=O)c1cccnc1Cl)NC1CC1. The van der Waals surface area contributed by atoms with E-state index in [0.29, 0.717) is 18.9 Å². The van der Waals surface area contributed by atoms with Crippen LogP contribution in [-0.4, -0.2) is 31.9 Å². The number of nitrogens with one attached hydrogen (secondary N) is 2. The molecule has 0 aliphatic heterocycles. The molecule has 2 rings (SSSR count). The number of rotatable bonds is 7. The number of nitrogens with zero attached hydrogens (tertiary/aromatic N) is 1. The van der Waals surface area contributed by atoms with Crippen LogP contribution in [0.5, 0.6) is 0 Å². The van der Waals surface area contributed by atoms with Crippen LogP contribution in [0.3, 0.4) is 0 Å². The Labute approximate surface area is 123 Å². The van der Waals surface area contributed by atoms with Crippen LogP contribution < -0.4 is 10.0 Å². The predicted octanol–water partition coefficient (Wildman–Crippen LogP) is 1.07. The molecule has 0 saturated heterocycles. The molecule has 20 heavy (non-hydrogen) atoms. The first-order chi connectivity index (χ1) is 9.49. The topological polar surface area (TPSA) is 88.2 Å². The summed E-state index contributed by atoms with van der Waals surface area (Å²) in [6.07, 6.45) is 4.24. The second-order valence-electron chi connectivity index (χ2n) is 4.64. The summed E-state index contributed by atoms with van der Waals surface area (Å²) in [5.41, 5.74) is 0. The van der Waals surface area contributed by atoms with Crippen molar-refractivity contribution in [2.45, 2.75) is 36.6 Å². The maximum Gasteiger partial charge on any atom is 0.243 e. The quantitative estimate of drug-likeness (QED) is 0.581. The number of carbonyl (C=O) groups is 1. The molecule has 1 saturated carbocycles. The maximum absolute atomic E-state index is 11.9. The molecule has 1 amide bonds. The molecule has 1 heterocycles. The van der Waals surface area contributed by atoms with Gasteiger partial charge in [0.05, 0.1) is 0 Å². The minimum absolute atomic E-state index is 0.0360. The predicted molar refractivity (Wildman–Crippen MR) is 74.8 cm³/mol. The molecule has 110 valence electrons. The van der Waals surface area contributed by atoms with E-state index in [0.717, 1.165) is 12.8 Å². The molecule has 0 unspecified atom stereocenters. The third kappa shape index (κ3) is 4.43. The number of carbonyl (C=O) groups excluding carboxylic acids is 1. The van der Waals surface area contributed by atoms with Crippen molar-refractivity contribution in [3.05, 3.63) is 23.5 Å². The Bertz CT molecular complexity index is 587. The minimum Gasteiger partial charge on any atom is -0.353 e. The van der Waals surface area contributed by atoms with Gasteiger partial charge in [0.1, 0.15) is 10.0 Å². The van der Waals surface area contributed by atoms with E-state index < -0.39 is 10.0 Å². The summed E-state index contributed by atoms with van der Waals surface area (Å²) in [7, 11) is -3.68. The fourth-order valence-electron chi connectivity index (χ4n) is 1.63. The third-order valence-electron chi connectivity index (χ3n) is 2.83. The van der Waals surface area contributed by atoms with E-state index in [4.69, 9.17) is 11.6 Å². The van der Waals surface area contributed by atoms with Crippen molar-refractivity contribution < 1.29 is 13.2 Å². The van der Waals surface area contributed by atoms with Gasteiger partial charge in [0.25, 0.3) is 0 Å². The number of pyridine rings is 1. The molecule has 0 radical (unpaired) electrons. The van der Waals surface area contributed by atoms with Crippen LogP contribution in [0.25, 0.3) is 0 Å². The summed E-state index contributed by atoms with van der Waals surface area (Å²) < 4.78 is 26.3. The molecule has 1 fully saturated rings. The summed E-state index contributed by atoms with van der Waals surface area (Å²) in [6.45, 7) is 0.186. The Morgan fingerprint density at radius 1 is 1.45 bits per heavy atom. The number of halogens is 1. The van der Waals surface area contributed by atoms with Crippen LogP contribution in [0.1, 0.15) is 25.7 Å². The molecule has 1 aromatic rings. The molecule has 1 aliphatic carbocycles. The van der Waals surface area contributed by atoms with E-state index in [1.165, 1.54) is 18.3 Å². The fourth-order valence-corrected chi connectivity index (χ4v) is 3.16. The lowest BCUT2D eigenvalue weighted by molar-refractivity contribution is -0.121. The van der Waals surface area contributed by atoms with Gasteiger partial charge in [0.15, 0.2) is 0 Å². The van der Waals surface area contributed by atoms with Gasteiger partial charge in [-0.15, -0.1) is 0 Å². The van der Waals surface area contributed by atoms with Crippen LogP contribution in [0.15, 0.2) is 23.2 Å². The van der Waals surface area contributed by atoms with Gasteiger partial charge in [-0.25, -0.2) is 18.1 Å². The highest BCUT2D eigenvalue weighted by Gasteiger charge is 2.23. The number of hydrogen-bond acceptors (Lipinski definition) is 4. The largest absolute Gasteiger partial charge is 0.353 e. The van der Waals surface area contributed by atoms with E-state index in [9.17, 15) is 13.2 Å². The zero-order valence-corrected chi connectivity index (χ0v) is 12.4. The third-order valence-corrected chi connectivity index (χ3v) is 4.74. The van der Waals surface area contributed by atoms with Crippen molar-refractivity contribution in [1.29, 1.82) is 0 Å². The van der Waals surface area contributed by atoms with Crippen LogP contribution in [0.2, 0.25) is 5.15 Å². The van der Waals surface area contributed by atoms with Crippen molar-refractivity contribution in [1.82, 2.24) is 15.0 Å². The average Bonchev–Trinajstić information content (AvgIpc) is 3.19. The highest BCUT2D eigenvalue weighted by molar-refractivity contribution is 7.89. The summed E-state index contributed by atoms with van der Waals surface area (Å²) >= 11 is 5.74. The first kappa shape index (κ1) is 15.2. The molecule has 0 spiro atoms. The molecule has 0 bridgehead atoms. The van der Waals surface area contributed by atoms with Gasteiger partial charge in [-0.3, -0.25) is 4.79 Å². The fraction of sp³-hybridized carbons (Fsp3) is 0.500. The molecule has 1 aromatic heterocycles. The number of hydrogen-bond donors (Lipinski definition) is 2. The molecule has 0 aromatic carbocycles. The van der Waals surface area contributed by atoms with Gasteiger partial charge < -0.3 is 5.32 Å². The first-order valence-corrected chi connectivity index (χ1v) is 8.25. The van der Waals surface area contributed by atoms with Crippen molar-refractivity contribution >= 4 is 27.5 Å². The van der Waals surface area contributed by atoms with Gasteiger partial charge in [0.2, 0.25) is 15.9 Å². The van der Waals surface area contributed by atoms with E-state index in [2.05, 4.69) is 15.0 Å². The Hall–Kier alpha value is -1.18. The van der Waals surface area contributed by atoms with Gasteiger partial charge >= 0.3 is 0 Å². The van der Waals surface area contributed by atoms with E-state index in [1.54, 1.807) is 0 Å². The maximum atomic E-state index is 11.9. The summed E-state index contributed by atoms with van der Waals surface area (Å²) in [5.74, 6) is -0.0360. The monoisotopic (exact) mass is 317 g/mol. The Balaban J connectivity index is 1.78. The lowest BCUT2D eigenvalue weighted by Gasteiger charge is -2.07. The lowest BCUT2D eigenvalue weighted by Crippen LogP contribution is -2.28. The standard InChI is InChI=1S/C12H16ClN3O3S/c13-12-10(3-1-7-14-12)20(18,19)15-8-2-4-11(17)16-9-5-6-9/h1,3,7,9,15H,2,4-6,8H2,(H,16,17). The van der Waals surface area contributed by atoms with Crippen LogP contribution in [0.4, 0.5) is 0 Å². The highest BCUT2D eigenvalue weighted by atomic mass is 35.5. The molecule has 1 aliphatic rings. The van der Waals surface area contributed by atoms with Gasteiger partial charge in [-0.05, 0) is 31.4 Å². The normalized spacial score (nSPS) is 15.1. The van der Waals surface area contributed by atoms with Crippen LogP contribution >= 0.6 is 11.6 Å².